The van der Waals surface area contributed by atoms with E-state index >= 15 is 0 Å². The summed E-state index contributed by atoms with van der Waals surface area (Å²) in [5.41, 5.74) is 3.64. The van der Waals surface area contributed by atoms with Gasteiger partial charge in [0.05, 0.1) is 0 Å². The Kier molecular flexibility index (Phi) is 2.62. The zero-order valence-electron chi connectivity index (χ0n) is 6.55. The molecule has 0 atom stereocenters. The van der Waals surface area contributed by atoms with Crippen molar-refractivity contribution in [2.24, 2.45) is 5.73 Å². The zero-order valence-corrected chi connectivity index (χ0v) is 6.55. The third-order valence-electron chi connectivity index (χ3n) is 1.65. The smallest absolute Gasteiger partial charge is 0.290 e. The van der Waals surface area contributed by atoms with E-state index in [0.717, 1.165) is 6.20 Å². The Labute approximate surface area is 72.0 Å². The van der Waals surface area contributed by atoms with Gasteiger partial charge in [0.25, 0.3) is 12.0 Å². The number of alkyl halides is 2. The molecule has 0 saturated heterocycles. The predicted molar refractivity (Wildman–Crippen MR) is 41.6 cm³/mol. The first kappa shape index (κ1) is 9.66. The largest absolute Gasteiger partial charge is 0.503 e. The molecule has 0 aliphatic rings. The fourth-order valence-corrected chi connectivity index (χ4v) is 0.982. The molecule has 6 heteroatoms. The standard InChI is InChI=1S/C7H8F2N2O2/c8-6(9)4-2-11-7(13)5(12)3(4)1-10/h2,6,12H,1,10H2,(H,11,13). The predicted octanol–water partition coefficient (Wildman–Crippen LogP) is 0.477. The maximum absolute atomic E-state index is 12.2. The van der Waals surface area contributed by atoms with Crippen LogP contribution in [-0.2, 0) is 6.54 Å². The van der Waals surface area contributed by atoms with Crippen molar-refractivity contribution >= 4 is 0 Å². The van der Waals surface area contributed by atoms with Crippen LogP contribution in [0.3, 0.4) is 0 Å². The number of nitrogens with two attached hydrogens (primary N) is 1. The maximum atomic E-state index is 12.2. The SMILES string of the molecule is NCc1c(C(F)F)c[nH]c(=O)c1O. The lowest BCUT2D eigenvalue weighted by molar-refractivity contribution is 0.149. The van der Waals surface area contributed by atoms with Gasteiger partial charge in [-0.15, -0.1) is 0 Å². The minimum Gasteiger partial charge on any atom is -0.503 e. The molecule has 0 aliphatic heterocycles. The molecule has 4 N–H and O–H groups in total. The molecule has 4 nitrogen and oxygen atoms in total. The molecule has 0 amide bonds. The van der Waals surface area contributed by atoms with Crippen LogP contribution in [0.1, 0.15) is 17.6 Å². The van der Waals surface area contributed by atoms with E-state index < -0.39 is 23.3 Å². The monoisotopic (exact) mass is 190 g/mol. The summed E-state index contributed by atoms with van der Waals surface area (Å²) in [5, 5.41) is 9.07. The van der Waals surface area contributed by atoms with E-state index in [1.165, 1.54) is 0 Å². The number of aromatic amines is 1. The molecule has 0 saturated carbocycles. The summed E-state index contributed by atoms with van der Waals surface area (Å²) in [6.45, 7) is -0.296. The highest BCUT2D eigenvalue weighted by Gasteiger charge is 2.17. The van der Waals surface area contributed by atoms with Crippen LogP contribution in [0.4, 0.5) is 8.78 Å². The van der Waals surface area contributed by atoms with Crippen LogP contribution in [0.2, 0.25) is 0 Å². The second-order valence-electron chi connectivity index (χ2n) is 2.41. The molecule has 1 heterocycles. The van der Waals surface area contributed by atoms with Crippen LogP contribution in [0.15, 0.2) is 11.0 Å². The summed E-state index contributed by atoms with van der Waals surface area (Å²) in [5.74, 6) is -0.736. The van der Waals surface area contributed by atoms with Gasteiger partial charge >= 0.3 is 0 Å². The number of hydrogen-bond donors (Lipinski definition) is 3. The van der Waals surface area contributed by atoms with Gasteiger partial charge in [0, 0.05) is 23.9 Å². The minimum absolute atomic E-state index is 0.209. The molecule has 0 aliphatic carbocycles. The van der Waals surface area contributed by atoms with E-state index in [1.54, 1.807) is 0 Å². The van der Waals surface area contributed by atoms with Crippen LogP contribution >= 0.6 is 0 Å². The van der Waals surface area contributed by atoms with Gasteiger partial charge < -0.3 is 15.8 Å². The summed E-state index contributed by atoms with van der Waals surface area (Å²) in [6.07, 6.45) is -1.91. The van der Waals surface area contributed by atoms with Crippen LogP contribution < -0.4 is 11.3 Å². The van der Waals surface area contributed by atoms with Gasteiger partial charge in [-0.05, 0) is 0 Å². The highest BCUT2D eigenvalue weighted by atomic mass is 19.3. The van der Waals surface area contributed by atoms with Crippen molar-refractivity contribution in [2.45, 2.75) is 13.0 Å². The first-order valence-electron chi connectivity index (χ1n) is 3.49. The summed E-state index contributed by atoms with van der Waals surface area (Å²) in [7, 11) is 0. The molecule has 0 fully saturated rings. The summed E-state index contributed by atoms with van der Waals surface area (Å²) in [6, 6.07) is 0. The topological polar surface area (TPSA) is 79.1 Å². The fourth-order valence-electron chi connectivity index (χ4n) is 0.982. The second-order valence-corrected chi connectivity index (χ2v) is 2.41. The van der Waals surface area contributed by atoms with E-state index in [1.807, 2.05) is 4.98 Å². The Bertz CT molecular complexity index is 362. The van der Waals surface area contributed by atoms with Crippen LogP contribution in [0.25, 0.3) is 0 Å². The number of halogens is 2. The van der Waals surface area contributed by atoms with Gasteiger partial charge in [0.15, 0.2) is 5.75 Å². The Morgan fingerprint density at radius 3 is 2.69 bits per heavy atom. The number of hydrogen-bond acceptors (Lipinski definition) is 3. The first-order valence-corrected chi connectivity index (χ1v) is 3.49. The second kappa shape index (κ2) is 3.53. The lowest BCUT2D eigenvalue weighted by Gasteiger charge is -2.06. The van der Waals surface area contributed by atoms with Crippen molar-refractivity contribution in [1.82, 2.24) is 4.98 Å². The van der Waals surface area contributed by atoms with Gasteiger partial charge in [-0.1, -0.05) is 0 Å². The highest BCUT2D eigenvalue weighted by Crippen LogP contribution is 2.25. The number of aromatic hydroxyl groups is 1. The number of aromatic nitrogens is 1. The van der Waals surface area contributed by atoms with Gasteiger partial charge in [-0.25, -0.2) is 8.78 Å². The Morgan fingerprint density at radius 1 is 1.62 bits per heavy atom. The lowest BCUT2D eigenvalue weighted by atomic mass is 10.1. The lowest BCUT2D eigenvalue weighted by Crippen LogP contribution is -2.13. The third kappa shape index (κ3) is 1.67. The van der Waals surface area contributed by atoms with Crippen molar-refractivity contribution < 1.29 is 13.9 Å². The van der Waals surface area contributed by atoms with Crippen LogP contribution in [0.5, 0.6) is 5.75 Å². The highest BCUT2D eigenvalue weighted by molar-refractivity contribution is 5.36. The zero-order chi connectivity index (χ0) is 10.0. The number of nitrogens with one attached hydrogen (secondary N) is 1. The average Bonchev–Trinajstić information content (AvgIpc) is 2.09. The molecule has 0 unspecified atom stereocenters. The van der Waals surface area contributed by atoms with Crippen molar-refractivity contribution in [3.8, 4) is 5.75 Å². The minimum atomic E-state index is -2.76. The quantitative estimate of drug-likeness (QED) is 0.634. The van der Waals surface area contributed by atoms with E-state index in [0.29, 0.717) is 0 Å². The molecular weight excluding hydrogens is 182 g/mol. The summed E-state index contributed by atoms with van der Waals surface area (Å²) in [4.78, 5) is 12.8. The Balaban J connectivity index is 3.38. The summed E-state index contributed by atoms with van der Waals surface area (Å²) >= 11 is 0. The number of pyridine rings is 1. The molecule has 0 bridgehead atoms. The van der Waals surface area contributed by atoms with Crippen molar-refractivity contribution in [2.75, 3.05) is 0 Å². The molecule has 1 aromatic heterocycles. The molecule has 0 radical (unpaired) electrons. The average molecular weight is 190 g/mol. The van der Waals surface area contributed by atoms with Crippen molar-refractivity contribution in [3.63, 3.8) is 0 Å². The number of rotatable bonds is 2. The summed E-state index contributed by atoms with van der Waals surface area (Å²) < 4.78 is 24.5. The van der Waals surface area contributed by atoms with Crippen molar-refractivity contribution in [1.29, 1.82) is 0 Å². The molecule has 1 aromatic rings. The maximum Gasteiger partial charge on any atom is 0.290 e. The Hall–Kier alpha value is -1.43. The van der Waals surface area contributed by atoms with E-state index in [2.05, 4.69) is 0 Å². The van der Waals surface area contributed by atoms with E-state index in [-0.39, 0.29) is 12.1 Å². The van der Waals surface area contributed by atoms with Crippen molar-refractivity contribution in [3.05, 3.63) is 27.7 Å². The van der Waals surface area contributed by atoms with E-state index in [9.17, 15) is 13.6 Å². The molecule has 0 aromatic carbocycles. The van der Waals surface area contributed by atoms with Gasteiger partial charge in [-0.2, -0.15) is 0 Å². The van der Waals surface area contributed by atoms with Gasteiger partial charge in [-0.3, -0.25) is 4.79 Å². The third-order valence-corrected chi connectivity index (χ3v) is 1.65. The normalized spacial score (nSPS) is 10.8. The molecule has 72 valence electrons. The number of H-pyrrole nitrogens is 1. The van der Waals surface area contributed by atoms with Crippen LogP contribution in [0, 0.1) is 0 Å². The fraction of sp³-hybridized carbons (Fsp3) is 0.286. The molecule has 13 heavy (non-hydrogen) atoms. The molecule has 1 rings (SSSR count). The first-order chi connectivity index (χ1) is 6.07. The van der Waals surface area contributed by atoms with E-state index in [4.69, 9.17) is 10.8 Å². The van der Waals surface area contributed by atoms with Gasteiger partial charge in [0.1, 0.15) is 0 Å². The van der Waals surface area contributed by atoms with Crippen LogP contribution in [-0.4, -0.2) is 10.1 Å². The Morgan fingerprint density at radius 2 is 2.23 bits per heavy atom. The van der Waals surface area contributed by atoms with Gasteiger partial charge in [0.2, 0.25) is 0 Å². The molecule has 0 spiro atoms. The molecular formula is C7H8F2N2O2.